The van der Waals surface area contributed by atoms with Crippen LogP contribution in [-0.4, -0.2) is 17.7 Å². The van der Waals surface area contributed by atoms with Crippen LogP contribution in [0.4, 0.5) is 0 Å². The first-order valence-electron chi connectivity index (χ1n) is 2.77. The lowest BCUT2D eigenvalue weighted by atomic mass is 10.1. The highest BCUT2D eigenvalue weighted by Gasteiger charge is 2.15. The molecule has 0 aromatic carbocycles. The molecular formula is C5H11NO3. The van der Waals surface area contributed by atoms with Gasteiger partial charge in [-0.3, -0.25) is 0 Å². The van der Waals surface area contributed by atoms with Crippen molar-refractivity contribution in [3.8, 4) is 0 Å². The van der Waals surface area contributed by atoms with Gasteiger partial charge in [-0.05, 0) is 6.42 Å². The topological polar surface area (TPSA) is 72.5 Å². The van der Waals surface area contributed by atoms with Gasteiger partial charge in [0.05, 0.1) is 12.5 Å². The highest BCUT2D eigenvalue weighted by molar-refractivity contribution is 5.71. The molecule has 0 rings (SSSR count). The molecule has 0 saturated heterocycles. The van der Waals surface area contributed by atoms with Crippen LogP contribution in [-0.2, 0) is 9.63 Å². The maximum Gasteiger partial charge on any atom is 0.329 e. The summed E-state index contributed by atoms with van der Waals surface area (Å²) >= 11 is 0. The Morgan fingerprint density at radius 3 is 2.56 bits per heavy atom. The Labute approximate surface area is 53.6 Å². The van der Waals surface area contributed by atoms with E-state index in [0.717, 1.165) is 0 Å². The Balaban J connectivity index is 3.64. The maximum absolute atomic E-state index is 10.5. The van der Waals surface area contributed by atoms with Gasteiger partial charge in [-0.1, -0.05) is 6.92 Å². The Hall–Kier alpha value is -0.610. The quantitative estimate of drug-likeness (QED) is 0.505. The van der Waals surface area contributed by atoms with Crippen molar-refractivity contribution < 1.29 is 14.7 Å². The number of hydrogen-bond donors (Lipinski definition) is 2. The fraction of sp³-hybridized carbons (Fsp3) is 0.800. The van der Waals surface area contributed by atoms with E-state index in [0.29, 0.717) is 6.42 Å². The highest BCUT2D eigenvalue weighted by Crippen LogP contribution is 2.01. The van der Waals surface area contributed by atoms with Gasteiger partial charge < -0.3 is 9.94 Å². The highest BCUT2D eigenvalue weighted by atomic mass is 16.7. The fourth-order valence-corrected chi connectivity index (χ4v) is 0.467. The summed E-state index contributed by atoms with van der Waals surface area (Å²) in [6.07, 6.45) is 0.548. The molecule has 0 aliphatic rings. The van der Waals surface area contributed by atoms with Crippen LogP contribution < -0.4 is 5.90 Å². The van der Waals surface area contributed by atoms with Crippen LogP contribution in [0.3, 0.4) is 0 Å². The van der Waals surface area contributed by atoms with Crippen molar-refractivity contribution in [2.45, 2.75) is 13.3 Å². The summed E-state index contributed by atoms with van der Waals surface area (Å²) in [5.41, 5.74) is 0. The first-order valence-corrected chi connectivity index (χ1v) is 2.77. The lowest BCUT2D eigenvalue weighted by Crippen LogP contribution is -2.22. The molecule has 0 saturated carbocycles. The zero-order valence-corrected chi connectivity index (χ0v) is 5.33. The third-order valence-corrected chi connectivity index (χ3v) is 1.16. The average molecular weight is 133 g/mol. The molecule has 1 atom stereocenters. The normalized spacial score (nSPS) is 12.8. The summed E-state index contributed by atoms with van der Waals surface area (Å²) in [5, 5.41) is 8.47. The number of aliphatic hydroxyl groups excluding tert-OH is 1. The molecule has 1 unspecified atom stereocenters. The number of nitrogens with two attached hydrogens (primary N) is 1. The molecule has 0 aliphatic carbocycles. The monoisotopic (exact) mass is 133 g/mol. The Morgan fingerprint density at radius 1 is 1.89 bits per heavy atom. The van der Waals surface area contributed by atoms with Crippen molar-refractivity contribution in [3.63, 3.8) is 0 Å². The van der Waals surface area contributed by atoms with E-state index in [1.54, 1.807) is 6.92 Å². The molecule has 0 aliphatic heterocycles. The Kier molecular flexibility index (Phi) is 4.00. The smallest absolute Gasteiger partial charge is 0.329 e. The zero-order valence-electron chi connectivity index (χ0n) is 5.33. The second-order valence-electron chi connectivity index (χ2n) is 1.72. The minimum atomic E-state index is -0.556. The first-order chi connectivity index (χ1) is 4.26. The van der Waals surface area contributed by atoms with Crippen LogP contribution in [0.5, 0.6) is 0 Å². The predicted molar refractivity (Wildman–Crippen MR) is 31.1 cm³/mol. The van der Waals surface area contributed by atoms with Crippen molar-refractivity contribution >= 4 is 5.97 Å². The van der Waals surface area contributed by atoms with Gasteiger partial charge in [-0.25, -0.2) is 4.79 Å². The van der Waals surface area contributed by atoms with E-state index < -0.39 is 11.9 Å². The van der Waals surface area contributed by atoms with E-state index in [-0.39, 0.29) is 6.61 Å². The molecule has 54 valence electrons. The summed E-state index contributed by atoms with van der Waals surface area (Å²) < 4.78 is 0. The third kappa shape index (κ3) is 2.43. The van der Waals surface area contributed by atoms with Gasteiger partial charge in [-0.2, -0.15) is 5.90 Å². The van der Waals surface area contributed by atoms with Gasteiger partial charge in [0.25, 0.3) is 0 Å². The van der Waals surface area contributed by atoms with Crippen LogP contribution in [0, 0.1) is 5.92 Å². The van der Waals surface area contributed by atoms with E-state index in [2.05, 4.69) is 10.7 Å². The lowest BCUT2D eigenvalue weighted by Gasteiger charge is -2.05. The van der Waals surface area contributed by atoms with E-state index in [1.807, 2.05) is 0 Å². The second-order valence-corrected chi connectivity index (χ2v) is 1.72. The van der Waals surface area contributed by atoms with Crippen LogP contribution in [0.25, 0.3) is 0 Å². The predicted octanol–water partition coefficient (Wildman–Crippen LogP) is -0.578. The van der Waals surface area contributed by atoms with Crippen molar-refractivity contribution in [2.75, 3.05) is 6.61 Å². The van der Waals surface area contributed by atoms with Crippen molar-refractivity contribution in [1.29, 1.82) is 0 Å². The SMILES string of the molecule is CCC(CO)C(=O)ON. The summed E-state index contributed by atoms with van der Waals surface area (Å²) in [4.78, 5) is 14.4. The van der Waals surface area contributed by atoms with Crippen molar-refractivity contribution in [1.82, 2.24) is 0 Å². The number of carbonyl (C=O) groups excluding carboxylic acids is 1. The molecule has 4 heteroatoms. The number of aliphatic hydroxyl groups is 1. The van der Waals surface area contributed by atoms with Crippen LogP contribution in [0.2, 0.25) is 0 Å². The minimum Gasteiger partial charge on any atom is -0.395 e. The molecule has 3 N–H and O–H groups in total. The number of hydrogen-bond acceptors (Lipinski definition) is 4. The van der Waals surface area contributed by atoms with E-state index in [4.69, 9.17) is 5.11 Å². The third-order valence-electron chi connectivity index (χ3n) is 1.16. The number of carbonyl (C=O) groups is 1. The Bertz CT molecular complexity index is 90.2. The van der Waals surface area contributed by atoms with Gasteiger partial charge in [0.1, 0.15) is 0 Å². The molecule has 0 radical (unpaired) electrons. The summed E-state index contributed by atoms with van der Waals surface area (Å²) in [6, 6.07) is 0. The van der Waals surface area contributed by atoms with Crippen molar-refractivity contribution in [3.05, 3.63) is 0 Å². The number of rotatable bonds is 3. The molecule has 0 heterocycles. The molecule has 4 nitrogen and oxygen atoms in total. The van der Waals surface area contributed by atoms with E-state index >= 15 is 0 Å². The molecule has 0 bridgehead atoms. The minimum absolute atomic E-state index is 0.202. The standard InChI is InChI=1S/C5H11NO3/c1-2-4(3-7)5(8)9-6/h4,7H,2-3,6H2,1H3. The molecule has 0 fully saturated rings. The van der Waals surface area contributed by atoms with Gasteiger partial charge in [0, 0.05) is 0 Å². The van der Waals surface area contributed by atoms with Crippen LogP contribution >= 0.6 is 0 Å². The summed E-state index contributed by atoms with van der Waals surface area (Å²) in [6.45, 7) is 1.57. The lowest BCUT2D eigenvalue weighted by molar-refractivity contribution is -0.150. The molecule has 0 spiro atoms. The van der Waals surface area contributed by atoms with Gasteiger partial charge in [0.2, 0.25) is 0 Å². The van der Waals surface area contributed by atoms with E-state index in [9.17, 15) is 4.79 Å². The van der Waals surface area contributed by atoms with Gasteiger partial charge in [-0.15, -0.1) is 0 Å². The fourth-order valence-electron chi connectivity index (χ4n) is 0.467. The second kappa shape index (κ2) is 4.29. The first kappa shape index (κ1) is 8.39. The van der Waals surface area contributed by atoms with Gasteiger partial charge >= 0.3 is 5.97 Å². The molecule has 9 heavy (non-hydrogen) atoms. The van der Waals surface area contributed by atoms with Crippen molar-refractivity contribution in [2.24, 2.45) is 11.8 Å². The summed E-state index contributed by atoms with van der Waals surface area (Å²) in [5.74, 6) is 3.54. The Morgan fingerprint density at radius 2 is 2.44 bits per heavy atom. The molecule has 0 amide bonds. The molecule has 0 aromatic rings. The average Bonchev–Trinajstić information content (AvgIpc) is 1.90. The van der Waals surface area contributed by atoms with Crippen LogP contribution in [0.15, 0.2) is 0 Å². The largest absolute Gasteiger partial charge is 0.395 e. The zero-order chi connectivity index (χ0) is 7.28. The molecule has 0 aromatic heterocycles. The maximum atomic E-state index is 10.5. The van der Waals surface area contributed by atoms with Gasteiger partial charge in [0.15, 0.2) is 0 Å². The molecular weight excluding hydrogens is 122 g/mol. The van der Waals surface area contributed by atoms with Crippen LogP contribution in [0.1, 0.15) is 13.3 Å². The van der Waals surface area contributed by atoms with E-state index in [1.165, 1.54) is 0 Å². The summed E-state index contributed by atoms with van der Waals surface area (Å²) in [7, 11) is 0.